The quantitative estimate of drug-likeness (QED) is 0.362. The van der Waals surface area contributed by atoms with Gasteiger partial charge in [0.15, 0.2) is 0 Å². The highest BCUT2D eigenvalue weighted by molar-refractivity contribution is 7.99. The van der Waals surface area contributed by atoms with E-state index < -0.39 is 0 Å². The molecule has 0 fully saturated rings. The molecule has 0 aromatic heterocycles. The summed E-state index contributed by atoms with van der Waals surface area (Å²) in [6, 6.07) is 4.88. The first-order valence-corrected chi connectivity index (χ1v) is 11.4. The van der Waals surface area contributed by atoms with Crippen LogP contribution >= 0.6 is 11.8 Å². The van der Waals surface area contributed by atoms with Crippen LogP contribution in [-0.4, -0.2) is 11.5 Å². The van der Waals surface area contributed by atoms with E-state index in [9.17, 15) is 0 Å². The van der Waals surface area contributed by atoms with Crippen molar-refractivity contribution in [3.63, 3.8) is 0 Å². The number of rotatable bonds is 11. The predicted molar refractivity (Wildman–Crippen MR) is 119 cm³/mol. The highest BCUT2D eigenvalue weighted by Gasteiger charge is 2.16. The lowest BCUT2D eigenvalue weighted by Gasteiger charge is -2.23. The van der Waals surface area contributed by atoms with E-state index in [2.05, 4.69) is 78.4 Å². The first kappa shape index (κ1) is 22.4. The molecule has 0 radical (unpaired) electrons. The second-order valence-corrected chi connectivity index (χ2v) is 9.13. The molecule has 0 spiro atoms. The molecular formula is C24H40S. The van der Waals surface area contributed by atoms with E-state index in [4.69, 9.17) is 0 Å². The van der Waals surface area contributed by atoms with E-state index in [1.165, 1.54) is 65.0 Å². The van der Waals surface area contributed by atoms with Crippen molar-refractivity contribution in [1.29, 1.82) is 0 Å². The Bertz CT molecular complexity index is 551. The summed E-state index contributed by atoms with van der Waals surface area (Å²) in [5, 5.41) is 0. The van der Waals surface area contributed by atoms with Crippen LogP contribution < -0.4 is 0 Å². The third-order valence-corrected chi connectivity index (χ3v) is 6.74. The van der Waals surface area contributed by atoms with Gasteiger partial charge in [0.2, 0.25) is 0 Å². The van der Waals surface area contributed by atoms with Crippen molar-refractivity contribution in [3.8, 4) is 0 Å². The molecule has 1 aromatic rings. The summed E-state index contributed by atoms with van der Waals surface area (Å²) < 4.78 is 0. The Balaban J connectivity index is 2.65. The van der Waals surface area contributed by atoms with E-state index in [0.717, 1.165) is 12.8 Å². The molecule has 0 amide bonds. The topological polar surface area (TPSA) is 0 Å². The molecule has 0 atom stereocenters. The van der Waals surface area contributed by atoms with Gasteiger partial charge < -0.3 is 0 Å². The van der Waals surface area contributed by atoms with Crippen molar-refractivity contribution in [3.05, 3.63) is 40.5 Å². The van der Waals surface area contributed by atoms with Crippen LogP contribution in [0.25, 0.3) is 5.57 Å². The molecule has 1 heteroatoms. The largest absolute Gasteiger partial charge is 0.161 e. The van der Waals surface area contributed by atoms with Gasteiger partial charge in [-0.3, -0.25) is 0 Å². The van der Waals surface area contributed by atoms with Gasteiger partial charge in [0, 0.05) is 0 Å². The zero-order valence-corrected chi connectivity index (χ0v) is 18.6. The van der Waals surface area contributed by atoms with Gasteiger partial charge >= 0.3 is 0 Å². The average Bonchev–Trinajstić information content (AvgIpc) is 2.58. The van der Waals surface area contributed by atoms with E-state index in [1.807, 2.05) is 0 Å². The molecule has 0 aliphatic rings. The lowest BCUT2D eigenvalue weighted by molar-refractivity contribution is 0.382. The number of aryl methyl sites for hydroxylation is 3. The predicted octanol–water partition coefficient (Wildman–Crippen LogP) is 7.86. The number of hydrogen-bond donors (Lipinski definition) is 0. The summed E-state index contributed by atoms with van der Waals surface area (Å²) in [6.45, 7) is 16.1. The van der Waals surface area contributed by atoms with Crippen LogP contribution in [0.2, 0.25) is 0 Å². The van der Waals surface area contributed by atoms with Gasteiger partial charge in [-0.2, -0.15) is 11.8 Å². The Morgan fingerprint density at radius 3 is 2.32 bits per heavy atom. The van der Waals surface area contributed by atoms with E-state index >= 15 is 0 Å². The van der Waals surface area contributed by atoms with E-state index in [1.54, 1.807) is 0 Å². The molecule has 0 aliphatic heterocycles. The summed E-state index contributed by atoms with van der Waals surface area (Å²) in [5.41, 5.74) is 8.00. The van der Waals surface area contributed by atoms with Crippen LogP contribution in [0.5, 0.6) is 0 Å². The van der Waals surface area contributed by atoms with Gasteiger partial charge in [-0.15, -0.1) is 0 Å². The minimum atomic E-state index is 0.491. The molecule has 142 valence electrons. The second-order valence-electron chi connectivity index (χ2n) is 8.03. The Hall–Kier alpha value is -0.690. The zero-order chi connectivity index (χ0) is 18.9. The molecule has 25 heavy (non-hydrogen) atoms. The highest BCUT2D eigenvalue weighted by Crippen LogP contribution is 2.30. The fourth-order valence-electron chi connectivity index (χ4n) is 3.67. The Labute approximate surface area is 161 Å². The van der Waals surface area contributed by atoms with Crippen LogP contribution in [0.1, 0.15) is 89.5 Å². The molecule has 1 rings (SSSR count). The highest BCUT2D eigenvalue weighted by atomic mass is 32.2. The van der Waals surface area contributed by atoms with Crippen molar-refractivity contribution in [2.24, 2.45) is 5.41 Å². The molecule has 0 bridgehead atoms. The molecule has 0 nitrogen and oxygen atoms in total. The van der Waals surface area contributed by atoms with Crippen LogP contribution in [0, 0.1) is 12.3 Å². The molecule has 1 aromatic carbocycles. The van der Waals surface area contributed by atoms with Gasteiger partial charge in [-0.25, -0.2) is 0 Å². The second kappa shape index (κ2) is 11.1. The number of hydrogen-bond acceptors (Lipinski definition) is 1. The normalized spacial score (nSPS) is 12.7. The minimum Gasteiger partial charge on any atom is -0.161 e. The summed E-state index contributed by atoms with van der Waals surface area (Å²) in [4.78, 5) is 0. The van der Waals surface area contributed by atoms with Crippen molar-refractivity contribution in [2.45, 2.75) is 87.0 Å². The maximum atomic E-state index is 2.44. The first-order chi connectivity index (χ1) is 11.9. The third-order valence-electron chi connectivity index (χ3n) is 5.17. The van der Waals surface area contributed by atoms with Crippen LogP contribution in [0.3, 0.4) is 0 Å². The van der Waals surface area contributed by atoms with Crippen LogP contribution in [-0.2, 0) is 12.8 Å². The van der Waals surface area contributed by atoms with Crippen molar-refractivity contribution < 1.29 is 0 Å². The number of benzene rings is 1. The smallest absolute Gasteiger partial charge is 0.00161 e. The van der Waals surface area contributed by atoms with Gasteiger partial charge in [0.25, 0.3) is 0 Å². The fourth-order valence-corrected chi connectivity index (χ4v) is 4.86. The maximum absolute atomic E-state index is 2.44. The maximum Gasteiger partial charge on any atom is -0.00161 e. The molecule has 0 heterocycles. The standard InChI is InChI=1S/C24H40S/c1-8-14-24(6,7)18-25-15-12-13-20(9-2)23-16-19(5)21(10-3)17-22(23)11-4/h9,16-17H,8,10-15,18H2,1-7H3/b20-9-. The van der Waals surface area contributed by atoms with Crippen LogP contribution in [0.4, 0.5) is 0 Å². The van der Waals surface area contributed by atoms with Crippen LogP contribution in [0.15, 0.2) is 18.2 Å². The van der Waals surface area contributed by atoms with Crippen molar-refractivity contribution >= 4 is 17.3 Å². The number of allylic oxidation sites excluding steroid dienone is 2. The third kappa shape index (κ3) is 7.21. The Morgan fingerprint density at radius 2 is 1.76 bits per heavy atom. The zero-order valence-electron chi connectivity index (χ0n) is 17.8. The van der Waals surface area contributed by atoms with Gasteiger partial charge in [-0.05, 0) is 90.7 Å². The summed E-state index contributed by atoms with van der Waals surface area (Å²) in [6.07, 6.45) is 9.71. The summed E-state index contributed by atoms with van der Waals surface area (Å²) >= 11 is 2.14. The molecule has 0 aliphatic carbocycles. The monoisotopic (exact) mass is 360 g/mol. The van der Waals surface area contributed by atoms with Gasteiger partial charge in [0.05, 0.1) is 0 Å². The lowest BCUT2D eigenvalue weighted by Crippen LogP contribution is -2.14. The Morgan fingerprint density at radius 1 is 1.08 bits per heavy atom. The molecule has 0 unspecified atom stereocenters. The molecule has 0 saturated carbocycles. The van der Waals surface area contributed by atoms with Crippen molar-refractivity contribution in [1.82, 2.24) is 0 Å². The Kier molecular flexibility index (Phi) is 9.94. The lowest BCUT2D eigenvalue weighted by atomic mass is 9.90. The van der Waals surface area contributed by atoms with Gasteiger partial charge in [0.1, 0.15) is 0 Å². The molecule has 0 N–H and O–H groups in total. The molecular weight excluding hydrogens is 320 g/mol. The average molecular weight is 361 g/mol. The fraction of sp³-hybridized carbons (Fsp3) is 0.667. The van der Waals surface area contributed by atoms with Crippen molar-refractivity contribution in [2.75, 3.05) is 11.5 Å². The minimum absolute atomic E-state index is 0.491. The summed E-state index contributed by atoms with van der Waals surface area (Å²) in [7, 11) is 0. The number of thioether (sulfide) groups is 1. The van der Waals surface area contributed by atoms with Gasteiger partial charge in [-0.1, -0.05) is 59.2 Å². The summed E-state index contributed by atoms with van der Waals surface area (Å²) in [5.74, 6) is 2.56. The molecule has 0 saturated heterocycles. The SMILES string of the molecule is C/C=C(/CCCSCC(C)(C)CCC)c1cc(C)c(CC)cc1CC. The van der Waals surface area contributed by atoms with E-state index in [-0.39, 0.29) is 0 Å². The first-order valence-electron chi connectivity index (χ1n) is 10.2. The van der Waals surface area contributed by atoms with E-state index in [0.29, 0.717) is 5.41 Å².